The van der Waals surface area contributed by atoms with E-state index < -0.39 is 11.5 Å². The van der Waals surface area contributed by atoms with Crippen LogP contribution < -0.4 is 10.5 Å². The zero-order chi connectivity index (χ0) is 22.7. The zero-order valence-electron chi connectivity index (χ0n) is 17.5. The first-order valence-corrected chi connectivity index (χ1v) is 11.0. The molecule has 0 saturated carbocycles. The Balaban J connectivity index is 1.66. The van der Waals surface area contributed by atoms with Crippen molar-refractivity contribution in [3.05, 3.63) is 56.6 Å². The lowest BCUT2D eigenvalue weighted by atomic mass is 10.1. The minimum absolute atomic E-state index is 0.00688. The van der Waals surface area contributed by atoms with Gasteiger partial charge in [-0.1, -0.05) is 6.07 Å². The molecule has 1 amide bonds. The molecule has 3 aromatic heterocycles. The predicted octanol–water partition coefficient (Wildman–Crippen LogP) is 1.86. The minimum atomic E-state index is -0.474. The van der Waals surface area contributed by atoms with E-state index in [9.17, 15) is 19.6 Å². The van der Waals surface area contributed by atoms with Crippen LogP contribution in [0.4, 0.5) is 5.69 Å². The van der Waals surface area contributed by atoms with Crippen molar-refractivity contribution in [2.75, 3.05) is 37.7 Å². The van der Waals surface area contributed by atoms with E-state index in [-0.39, 0.29) is 24.6 Å². The summed E-state index contributed by atoms with van der Waals surface area (Å²) in [6.07, 6.45) is 1.58. The second kappa shape index (κ2) is 9.20. The summed E-state index contributed by atoms with van der Waals surface area (Å²) in [5, 5.41) is 12.4. The maximum atomic E-state index is 13.2. The third-order valence-corrected chi connectivity index (χ3v) is 6.20. The molecule has 0 spiro atoms. The number of anilines is 1. The number of hydrogen-bond acceptors (Lipinski definition) is 8. The molecule has 10 heteroatoms. The quantitative estimate of drug-likeness (QED) is 0.545. The number of nitrogens with zero attached hydrogens (tertiary/aromatic N) is 5. The Morgan fingerprint density at radius 2 is 2.00 bits per heavy atom. The molecule has 0 radical (unpaired) electrons. The van der Waals surface area contributed by atoms with Gasteiger partial charge < -0.3 is 14.5 Å². The van der Waals surface area contributed by atoms with Crippen molar-refractivity contribution >= 4 is 39.9 Å². The molecule has 1 aliphatic heterocycles. The van der Waals surface area contributed by atoms with Crippen LogP contribution in [0.25, 0.3) is 11.0 Å². The first-order chi connectivity index (χ1) is 15.5. The number of piperazine rings is 1. The van der Waals surface area contributed by atoms with E-state index in [0.29, 0.717) is 47.8 Å². The maximum absolute atomic E-state index is 13.2. The molecule has 9 nitrogen and oxygen atoms in total. The number of carbonyl (C=O) groups excluding carboxylic acids is 2. The number of esters is 1. The molecule has 1 aliphatic rings. The van der Waals surface area contributed by atoms with Crippen LogP contribution in [0.5, 0.6) is 0 Å². The van der Waals surface area contributed by atoms with Crippen LogP contribution in [-0.4, -0.2) is 59.1 Å². The molecule has 3 aromatic rings. The number of amides is 1. The Morgan fingerprint density at radius 1 is 1.22 bits per heavy atom. The van der Waals surface area contributed by atoms with Gasteiger partial charge in [0.25, 0.3) is 11.5 Å². The van der Waals surface area contributed by atoms with Gasteiger partial charge in [0.05, 0.1) is 17.1 Å². The molecule has 4 heterocycles. The van der Waals surface area contributed by atoms with E-state index in [0.717, 1.165) is 0 Å². The molecule has 0 aliphatic carbocycles. The number of nitriles is 1. The number of hydrogen-bond donors (Lipinski definition) is 0. The van der Waals surface area contributed by atoms with Crippen molar-refractivity contribution in [3.63, 3.8) is 0 Å². The minimum Gasteiger partial charge on any atom is -0.464 e. The molecule has 4 rings (SSSR count). The van der Waals surface area contributed by atoms with Crippen LogP contribution in [0, 0.1) is 11.3 Å². The summed E-state index contributed by atoms with van der Waals surface area (Å²) in [5.74, 6) is -0.449. The molecular weight excluding hydrogens is 430 g/mol. The average Bonchev–Trinajstić information content (AvgIpc) is 3.34. The number of aromatic nitrogens is 2. The van der Waals surface area contributed by atoms with E-state index in [2.05, 4.69) is 11.1 Å². The van der Waals surface area contributed by atoms with E-state index in [1.807, 2.05) is 28.5 Å². The highest BCUT2D eigenvalue weighted by atomic mass is 32.1. The molecule has 0 N–H and O–H groups in total. The molecule has 164 valence electrons. The Labute approximate surface area is 188 Å². The number of carbonyl (C=O) groups is 2. The van der Waals surface area contributed by atoms with Crippen LogP contribution in [-0.2, 0) is 16.1 Å². The van der Waals surface area contributed by atoms with Crippen LogP contribution >= 0.6 is 11.3 Å². The van der Waals surface area contributed by atoms with Crippen molar-refractivity contribution in [1.82, 2.24) is 14.5 Å². The van der Waals surface area contributed by atoms with Gasteiger partial charge in [0, 0.05) is 44.7 Å². The highest BCUT2D eigenvalue weighted by Crippen LogP contribution is 2.29. The summed E-state index contributed by atoms with van der Waals surface area (Å²) in [5.41, 5.74) is 0.507. The van der Waals surface area contributed by atoms with Gasteiger partial charge in [0.2, 0.25) is 0 Å². The number of rotatable bonds is 5. The van der Waals surface area contributed by atoms with Gasteiger partial charge in [-0.05, 0) is 23.6 Å². The third-order valence-electron chi connectivity index (χ3n) is 5.34. The van der Waals surface area contributed by atoms with Gasteiger partial charge in [-0.15, -0.1) is 11.3 Å². The number of pyridine rings is 2. The van der Waals surface area contributed by atoms with Crippen molar-refractivity contribution < 1.29 is 14.3 Å². The van der Waals surface area contributed by atoms with E-state index in [1.165, 1.54) is 22.8 Å². The fourth-order valence-electron chi connectivity index (χ4n) is 3.87. The average molecular weight is 452 g/mol. The highest BCUT2D eigenvalue weighted by molar-refractivity contribution is 7.12. The number of ether oxygens (including phenoxy) is 1. The third kappa shape index (κ3) is 4.07. The summed E-state index contributed by atoms with van der Waals surface area (Å²) in [4.78, 5) is 45.7. The first kappa shape index (κ1) is 21.5. The molecule has 0 bridgehead atoms. The summed E-state index contributed by atoms with van der Waals surface area (Å²) in [7, 11) is 0. The lowest BCUT2D eigenvalue weighted by molar-refractivity contribution is -0.141. The van der Waals surface area contributed by atoms with Gasteiger partial charge >= 0.3 is 5.97 Å². The topological polar surface area (TPSA) is 109 Å². The Hall–Kier alpha value is -3.71. The lowest BCUT2D eigenvalue weighted by Gasteiger charge is -2.36. The van der Waals surface area contributed by atoms with Crippen LogP contribution in [0.3, 0.4) is 0 Å². The standard InChI is InChI=1S/C22H21N5O4S/c1-15(28)31-12-11-27-20-16(4-2-6-24-20)19(17(14-23)21(27)29)25-7-9-26(10-8-25)22(30)18-5-3-13-32-18/h2-6,13H,7-12H2,1H3. The molecule has 0 aromatic carbocycles. The molecule has 1 fully saturated rings. The van der Waals surface area contributed by atoms with Gasteiger partial charge in [-0.3, -0.25) is 19.0 Å². The van der Waals surface area contributed by atoms with Crippen molar-refractivity contribution in [2.45, 2.75) is 13.5 Å². The lowest BCUT2D eigenvalue weighted by Crippen LogP contribution is -2.49. The van der Waals surface area contributed by atoms with E-state index in [1.54, 1.807) is 17.2 Å². The number of thiophene rings is 1. The molecular formula is C22H21N5O4S. The molecule has 0 unspecified atom stereocenters. The monoisotopic (exact) mass is 451 g/mol. The fourth-order valence-corrected chi connectivity index (χ4v) is 4.56. The summed E-state index contributed by atoms with van der Waals surface area (Å²) >= 11 is 1.41. The number of fused-ring (bicyclic) bond motifs is 1. The van der Waals surface area contributed by atoms with Crippen molar-refractivity contribution in [3.8, 4) is 6.07 Å². The van der Waals surface area contributed by atoms with Gasteiger partial charge in [0.1, 0.15) is 23.9 Å². The molecule has 0 atom stereocenters. The Morgan fingerprint density at radius 3 is 2.66 bits per heavy atom. The largest absolute Gasteiger partial charge is 0.464 e. The summed E-state index contributed by atoms with van der Waals surface area (Å²) in [6.45, 7) is 3.36. The second-order valence-electron chi connectivity index (χ2n) is 7.26. The van der Waals surface area contributed by atoms with Crippen LogP contribution in [0.2, 0.25) is 0 Å². The van der Waals surface area contributed by atoms with Crippen molar-refractivity contribution in [1.29, 1.82) is 5.26 Å². The SMILES string of the molecule is CC(=O)OCCn1c(=O)c(C#N)c(N2CCN(C(=O)c3cccs3)CC2)c2cccnc21. The smallest absolute Gasteiger partial charge is 0.302 e. The highest BCUT2D eigenvalue weighted by Gasteiger charge is 2.27. The molecule has 1 saturated heterocycles. The van der Waals surface area contributed by atoms with Gasteiger partial charge in [-0.25, -0.2) is 4.98 Å². The summed E-state index contributed by atoms with van der Waals surface area (Å²) < 4.78 is 6.35. The summed E-state index contributed by atoms with van der Waals surface area (Å²) in [6, 6.07) is 9.29. The molecule has 32 heavy (non-hydrogen) atoms. The van der Waals surface area contributed by atoms with Crippen molar-refractivity contribution in [2.24, 2.45) is 0 Å². The first-order valence-electron chi connectivity index (χ1n) is 10.1. The van der Waals surface area contributed by atoms with Gasteiger partial charge in [-0.2, -0.15) is 5.26 Å². The Bertz CT molecular complexity index is 1250. The predicted molar refractivity (Wildman–Crippen MR) is 120 cm³/mol. The van der Waals surface area contributed by atoms with E-state index >= 15 is 0 Å². The van der Waals surface area contributed by atoms with E-state index in [4.69, 9.17) is 4.74 Å². The van der Waals surface area contributed by atoms with Gasteiger partial charge in [0.15, 0.2) is 0 Å². The maximum Gasteiger partial charge on any atom is 0.302 e. The fraction of sp³-hybridized carbons (Fsp3) is 0.318. The van der Waals surface area contributed by atoms with Crippen LogP contribution in [0.15, 0.2) is 40.6 Å². The normalized spacial score (nSPS) is 13.8. The zero-order valence-corrected chi connectivity index (χ0v) is 18.3. The second-order valence-corrected chi connectivity index (χ2v) is 8.21. The van der Waals surface area contributed by atoms with Crippen LogP contribution in [0.1, 0.15) is 22.2 Å². The Kier molecular flexibility index (Phi) is 6.18.